The Bertz CT molecular complexity index is 438. The minimum atomic E-state index is 0.00463. The highest BCUT2D eigenvalue weighted by atomic mass is 35.5. The Morgan fingerprint density at radius 1 is 1.56 bits per heavy atom. The lowest BCUT2D eigenvalue weighted by atomic mass is 10.1. The third kappa shape index (κ3) is 2.65. The number of amides is 1. The molecular weight excluding hydrogens is 250 g/mol. The van der Waals surface area contributed by atoms with Gasteiger partial charge in [-0.15, -0.1) is 0 Å². The van der Waals surface area contributed by atoms with Crippen LogP contribution in [0, 0.1) is 0 Å². The molecular formula is C13H18ClN3O. The van der Waals surface area contributed by atoms with Crippen molar-refractivity contribution < 1.29 is 4.79 Å². The summed E-state index contributed by atoms with van der Waals surface area (Å²) in [4.78, 5) is 20.5. The predicted molar refractivity (Wildman–Crippen MR) is 71.9 cm³/mol. The van der Waals surface area contributed by atoms with E-state index < -0.39 is 0 Å². The van der Waals surface area contributed by atoms with Gasteiger partial charge in [0, 0.05) is 38.1 Å². The second-order valence-corrected chi connectivity index (χ2v) is 4.99. The van der Waals surface area contributed by atoms with E-state index in [0.29, 0.717) is 16.6 Å². The first-order valence-electron chi connectivity index (χ1n) is 6.26. The van der Waals surface area contributed by atoms with E-state index in [0.717, 1.165) is 26.2 Å². The van der Waals surface area contributed by atoms with Crippen molar-refractivity contribution in [2.75, 3.05) is 26.2 Å². The van der Waals surface area contributed by atoms with Crippen molar-refractivity contribution in [3.63, 3.8) is 0 Å². The number of carbonyl (C=O) groups is 1. The first-order chi connectivity index (χ1) is 8.63. The van der Waals surface area contributed by atoms with Crippen LogP contribution in [0.1, 0.15) is 24.2 Å². The lowest BCUT2D eigenvalue weighted by Crippen LogP contribution is -2.53. The number of likely N-dealkylation sites (N-methyl/N-ethyl adjacent to an activating group) is 1. The zero-order valence-corrected chi connectivity index (χ0v) is 11.5. The molecule has 1 saturated heterocycles. The Morgan fingerprint density at radius 3 is 2.94 bits per heavy atom. The second-order valence-electron chi connectivity index (χ2n) is 4.58. The molecule has 1 unspecified atom stereocenters. The van der Waals surface area contributed by atoms with Crippen LogP contribution in [-0.2, 0) is 0 Å². The quantitative estimate of drug-likeness (QED) is 0.821. The number of piperazine rings is 1. The summed E-state index contributed by atoms with van der Waals surface area (Å²) < 4.78 is 0. The van der Waals surface area contributed by atoms with E-state index in [1.165, 1.54) is 6.20 Å². The molecule has 2 heterocycles. The van der Waals surface area contributed by atoms with Gasteiger partial charge in [0.2, 0.25) is 0 Å². The number of nitrogens with zero attached hydrogens (tertiary/aromatic N) is 3. The number of aromatic nitrogens is 1. The zero-order chi connectivity index (χ0) is 13.1. The molecule has 1 atom stereocenters. The lowest BCUT2D eigenvalue weighted by Gasteiger charge is -2.39. The number of carbonyl (C=O) groups excluding carboxylic acids is 1. The normalized spacial score (nSPS) is 21.1. The van der Waals surface area contributed by atoms with Gasteiger partial charge in [-0.25, -0.2) is 0 Å². The van der Waals surface area contributed by atoms with E-state index in [1.807, 2.05) is 4.90 Å². The van der Waals surface area contributed by atoms with E-state index in [4.69, 9.17) is 11.6 Å². The summed E-state index contributed by atoms with van der Waals surface area (Å²) in [6.07, 6.45) is 3.12. The van der Waals surface area contributed by atoms with Gasteiger partial charge >= 0.3 is 0 Å². The Labute approximate surface area is 113 Å². The van der Waals surface area contributed by atoms with E-state index in [1.54, 1.807) is 12.3 Å². The number of hydrogen-bond acceptors (Lipinski definition) is 3. The molecule has 1 amide bonds. The van der Waals surface area contributed by atoms with Crippen molar-refractivity contribution in [1.29, 1.82) is 0 Å². The van der Waals surface area contributed by atoms with Crippen LogP contribution in [0.2, 0.25) is 5.02 Å². The van der Waals surface area contributed by atoms with Crippen LogP contribution in [-0.4, -0.2) is 52.9 Å². The second kappa shape index (κ2) is 5.67. The van der Waals surface area contributed by atoms with Crippen LogP contribution in [0.3, 0.4) is 0 Å². The molecule has 98 valence electrons. The van der Waals surface area contributed by atoms with Crippen molar-refractivity contribution in [1.82, 2.24) is 14.8 Å². The molecule has 0 aromatic carbocycles. The molecule has 0 spiro atoms. The predicted octanol–water partition coefficient (Wildman–Crippen LogP) is 1.90. The molecule has 0 radical (unpaired) electrons. The maximum atomic E-state index is 12.4. The van der Waals surface area contributed by atoms with Crippen LogP contribution < -0.4 is 0 Å². The van der Waals surface area contributed by atoms with Gasteiger partial charge in [0.05, 0.1) is 10.6 Å². The Morgan fingerprint density at radius 2 is 2.33 bits per heavy atom. The van der Waals surface area contributed by atoms with Gasteiger partial charge in [-0.05, 0) is 19.5 Å². The number of halogens is 1. The first kappa shape index (κ1) is 13.3. The van der Waals surface area contributed by atoms with Crippen molar-refractivity contribution in [2.45, 2.75) is 19.9 Å². The standard InChI is InChI=1S/C13H18ClN3O/c1-3-16-6-7-17(9-10(16)2)13(18)11-4-5-15-8-12(11)14/h4-5,8,10H,3,6-7,9H2,1-2H3. The zero-order valence-electron chi connectivity index (χ0n) is 10.8. The molecule has 1 aliphatic heterocycles. The summed E-state index contributed by atoms with van der Waals surface area (Å²) in [7, 11) is 0. The Hall–Kier alpha value is -1.13. The SMILES string of the molecule is CCN1CCN(C(=O)c2ccncc2Cl)CC1C. The van der Waals surface area contributed by atoms with Crippen molar-refractivity contribution in [2.24, 2.45) is 0 Å². The van der Waals surface area contributed by atoms with Gasteiger partial charge in [0.1, 0.15) is 0 Å². The number of hydrogen-bond donors (Lipinski definition) is 0. The fourth-order valence-electron chi connectivity index (χ4n) is 2.37. The highest BCUT2D eigenvalue weighted by molar-refractivity contribution is 6.33. The fourth-order valence-corrected chi connectivity index (χ4v) is 2.57. The Balaban J connectivity index is 2.10. The topological polar surface area (TPSA) is 36.4 Å². The monoisotopic (exact) mass is 267 g/mol. The van der Waals surface area contributed by atoms with E-state index >= 15 is 0 Å². The van der Waals surface area contributed by atoms with Gasteiger partial charge in [-0.2, -0.15) is 0 Å². The smallest absolute Gasteiger partial charge is 0.255 e. The minimum absolute atomic E-state index is 0.00463. The third-order valence-corrected chi connectivity index (χ3v) is 3.76. The molecule has 0 bridgehead atoms. The summed E-state index contributed by atoms with van der Waals surface area (Å²) in [6.45, 7) is 7.76. The van der Waals surface area contributed by atoms with Gasteiger partial charge in [-0.3, -0.25) is 14.7 Å². The van der Waals surface area contributed by atoms with Gasteiger partial charge in [0.15, 0.2) is 0 Å². The molecule has 4 nitrogen and oxygen atoms in total. The molecule has 0 saturated carbocycles. The third-order valence-electron chi connectivity index (χ3n) is 3.46. The summed E-state index contributed by atoms with van der Waals surface area (Å²) >= 11 is 6.01. The molecule has 0 N–H and O–H groups in total. The molecule has 0 aliphatic carbocycles. The van der Waals surface area contributed by atoms with Crippen LogP contribution in [0.15, 0.2) is 18.5 Å². The molecule has 18 heavy (non-hydrogen) atoms. The molecule has 2 rings (SSSR count). The van der Waals surface area contributed by atoms with Crippen molar-refractivity contribution >= 4 is 17.5 Å². The van der Waals surface area contributed by atoms with E-state index in [2.05, 4.69) is 23.7 Å². The average Bonchev–Trinajstić information content (AvgIpc) is 2.38. The molecule has 1 aromatic rings. The maximum Gasteiger partial charge on any atom is 0.255 e. The summed E-state index contributed by atoms with van der Waals surface area (Å²) in [5.74, 6) is 0.00463. The minimum Gasteiger partial charge on any atom is -0.336 e. The van der Waals surface area contributed by atoms with Crippen molar-refractivity contribution in [3.05, 3.63) is 29.0 Å². The van der Waals surface area contributed by atoms with Gasteiger partial charge < -0.3 is 4.90 Å². The van der Waals surface area contributed by atoms with Crippen LogP contribution in [0.5, 0.6) is 0 Å². The summed E-state index contributed by atoms with van der Waals surface area (Å²) in [5, 5.41) is 0.424. The number of rotatable bonds is 2. The molecule has 1 fully saturated rings. The van der Waals surface area contributed by atoms with Crippen LogP contribution in [0.25, 0.3) is 0 Å². The highest BCUT2D eigenvalue weighted by Gasteiger charge is 2.27. The number of pyridine rings is 1. The molecule has 1 aliphatic rings. The van der Waals surface area contributed by atoms with Crippen LogP contribution in [0.4, 0.5) is 0 Å². The molecule has 5 heteroatoms. The van der Waals surface area contributed by atoms with Crippen molar-refractivity contribution in [3.8, 4) is 0 Å². The van der Waals surface area contributed by atoms with Gasteiger partial charge in [0.25, 0.3) is 5.91 Å². The molecule has 1 aromatic heterocycles. The maximum absolute atomic E-state index is 12.4. The lowest BCUT2D eigenvalue weighted by molar-refractivity contribution is 0.0528. The van der Waals surface area contributed by atoms with Gasteiger partial charge in [-0.1, -0.05) is 18.5 Å². The summed E-state index contributed by atoms with van der Waals surface area (Å²) in [6, 6.07) is 2.08. The average molecular weight is 268 g/mol. The Kier molecular flexibility index (Phi) is 4.19. The highest BCUT2D eigenvalue weighted by Crippen LogP contribution is 2.18. The first-order valence-corrected chi connectivity index (χ1v) is 6.64. The largest absolute Gasteiger partial charge is 0.336 e. The van der Waals surface area contributed by atoms with E-state index in [9.17, 15) is 4.79 Å². The van der Waals surface area contributed by atoms with Crippen LogP contribution >= 0.6 is 11.6 Å². The van der Waals surface area contributed by atoms with E-state index in [-0.39, 0.29) is 5.91 Å². The summed E-state index contributed by atoms with van der Waals surface area (Å²) in [5.41, 5.74) is 0.545. The fraction of sp³-hybridized carbons (Fsp3) is 0.538.